The van der Waals surface area contributed by atoms with Gasteiger partial charge in [-0.1, -0.05) is 6.07 Å². The van der Waals surface area contributed by atoms with Gasteiger partial charge in [-0.05, 0) is 19.1 Å². The number of aromatic nitrogens is 2. The summed E-state index contributed by atoms with van der Waals surface area (Å²) in [5.41, 5.74) is 0.435. The number of phenolic OH excluding ortho intramolecular Hbond substituents is 2. The van der Waals surface area contributed by atoms with Crippen LogP contribution in [0.1, 0.15) is 11.3 Å². The summed E-state index contributed by atoms with van der Waals surface area (Å²) in [6, 6.07) is 4.37. The molecule has 0 aliphatic carbocycles. The molecule has 0 unspecified atom stereocenters. The molecular formula is C12H14N4O4. The van der Waals surface area contributed by atoms with Gasteiger partial charge >= 0.3 is 5.69 Å². The number of aryl methyl sites for hydroxylation is 2. The minimum Gasteiger partial charge on any atom is -0.507 e. The maximum Gasteiger partial charge on any atom is 0.333 e. The first kappa shape index (κ1) is 13.7. The van der Waals surface area contributed by atoms with E-state index in [1.54, 1.807) is 14.0 Å². The molecule has 2 rings (SSSR count). The quantitative estimate of drug-likeness (QED) is 0.579. The molecule has 0 bridgehead atoms. The van der Waals surface area contributed by atoms with Crippen molar-refractivity contribution in [3.63, 3.8) is 0 Å². The lowest BCUT2D eigenvalue weighted by atomic mass is 10.2. The van der Waals surface area contributed by atoms with Crippen molar-refractivity contribution in [1.82, 2.24) is 9.78 Å². The molecule has 1 aromatic carbocycles. The van der Waals surface area contributed by atoms with E-state index in [-0.39, 0.29) is 35.1 Å². The van der Waals surface area contributed by atoms with Crippen LogP contribution in [-0.2, 0) is 13.6 Å². The van der Waals surface area contributed by atoms with E-state index in [1.807, 2.05) is 0 Å². The number of hydrogen-bond donors (Lipinski definition) is 3. The molecule has 0 aliphatic rings. The lowest BCUT2D eigenvalue weighted by Gasteiger charge is -2.09. The van der Waals surface area contributed by atoms with Gasteiger partial charge in [0.05, 0.1) is 10.5 Å². The summed E-state index contributed by atoms with van der Waals surface area (Å²) in [4.78, 5) is 10.5. The van der Waals surface area contributed by atoms with Crippen molar-refractivity contribution in [3.05, 3.63) is 39.6 Å². The van der Waals surface area contributed by atoms with Gasteiger partial charge in [0.15, 0.2) is 0 Å². The van der Waals surface area contributed by atoms with Crippen LogP contribution in [-0.4, -0.2) is 24.9 Å². The van der Waals surface area contributed by atoms with Gasteiger partial charge in [-0.15, -0.1) is 0 Å². The van der Waals surface area contributed by atoms with Crippen molar-refractivity contribution in [2.75, 3.05) is 5.32 Å². The maximum absolute atomic E-state index is 11.0. The van der Waals surface area contributed by atoms with Gasteiger partial charge < -0.3 is 15.5 Å². The number of anilines is 1. The van der Waals surface area contributed by atoms with E-state index in [0.717, 1.165) is 0 Å². The van der Waals surface area contributed by atoms with Crippen molar-refractivity contribution in [2.45, 2.75) is 13.5 Å². The van der Waals surface area contributed by atoms with Gasteiger partial charge in [0.1, 0.15) is 17.2 Å². The Labute approximate surface area is 114 Å². The average molecular weight is 278 g/mol. The van der Waals surface area contributed by atoms with Gasteiger partial charge in [-0.3, -0.25) is 10.1 Å². The molecule has 0 spiro atoms. The van der Waals surface area contributed by atoms with E-state index >= 15 is 0 Å². The average Bonchev–Trinajstić information content (AvgIpc) is 2.63. The summed E-state index contributed by atoms with van der Waals surface area (Å²) in [6.07, 6.45) is 0. The summed E-state index contributed by atoms with van der Waals surface area (Å²) < 4.78 is 1.35. The van der Waals surface area contributed by atoms with Crippen molar-refractivity contribution in [2.24, 2.45) is 7.05 Å². The van der Waals surface area contributed by atoms with Crippen molar-refractivity contribution < 1.29 is 15.1 Å². The van der Waals surface area contributed by atoms with E-state index in [0.29, 0.717) is 5.69 Å². The third-order valence-corrected chi connectivity index (χ3v) is 2.93. The van der Waals surface area contributed by atoms with Crippen LogP contribution in [0.15, 0.2) is 18.2 Å². The molecule has 1 aromatic heterocycles. The summed E-state index contributed by atoms with van der Waals surface area (Å²) in [6.45, 7) is 1.58. The maximum atomic E-state index is 11.0. The van der Waals surface area contributed by atoms with Crippen LogP contribution >= 0.6 is 0 Å². The molecule has 106 valence electrons. The monoisotopic (exact) mass is 278 g/mol. The Balaban J connectivity index is 2.30. The lowest BCUT2D eigenvalue weighted by Crippen LogP contribution is -2.06. The first-order valence-electron chi connectivity index (χ1n) is 5.83. The Morgan fingerprint density at radius 2 is 2.00 bits per heavy atom. The molecule has 0 saturated carbocycles. The van der Waals surface area contributed by atoms with Gasteiger partial charge in [0.25, 0.3) is 0 Å². The predicted octanol–water partition coefficient (Wildman–Crippen LogP) is 1.66. The second-order valence-corrected chi connectivity index (χ2v) is 4.29. The number of nitrogens with zero attached hydrogens (tertiary/aromatic N) is 3. The molecule has 8 nitrogen and oxygen atoms in total. The van der Waals surface area contributed by atoms with Crippen molar-refractivity contribution in [3.8, 4) is 11.5 Å². The molecule has 8 heteroatoms. The lowest BCUT2D eigenvalue weighted by molar-refractivity contribution is -0.384. The Kier molecular flexibility index (Phi) is 3.47. The van der Waals surface area contributed by atoms with Crippen LogP contribution in [0.3, 0.4) is 0 Å². The van der Waals surface area contributed by atoms with Crippen molar-refractivity contribution >= 4 is 11.5 Å². The fourth-order valence-corrected chi connectivity index (χ4v) is 1.98. The topological polar surface area (TPSA) is 113 Å². The van der Waals surface area contributed by atoms with Crippen LogP contribution in [0.5, 0.6) is 11.5 Å². The molecule has 0 saturated heterocycles. The molecule has 0 aliphatic heterocycles. The Bertz CT molecular complexity index is 645. The molecule has 2 aromatic rings. The number of hydrogen-bond acceptors (Lipinski definition) is 6. The second-order valence-electron chi connectivity index (χ2n) is 4.29. The standard InChI is InChI=1S/C12H14N4O4/c1-7-11(16(19)20)12(15(2)14-7)13-6-8-9(17)4-3-5-10(8)18/h3-5,13,17-18H,6H2,1-2H3. The number of phenols is 2. The Morgan fingerprint density at radius 1 is 1.40 bits per heavy atom. The van der Waals surface area contributed by atoms with Gasteiger partial charge in [0.2, 0.25) is 5.82 Å². The van der Waals surface area contributed by atoms with Crippen molar-refractivity contribution in [1.29, 1.82) is 0 Å². The fourth-order valence-electron chi connectivity index (χ4n) is 1.98. The summed E-state index contributed by atoms with van der Waals surface area (Å²) >= 11 is 0. The number of rotatable bonds is 4. The summed E-state index contributed by atoms with van der Waals surface area (Å²) in [5, 5.41) is 37.1. The summed E-state index contributed by atoms with van der Waals surface area (Å²) in [5.74, 6) is 0.0493. The normalized spacial score (nSPS) is 10.5. The van der Waals surface area contributed by atoms with E-state index < -0.39 is 4.92 Å². The van der Waals surface area contributed by atoms with E-state index in [2.05, 4.69) is 10.4 Å². The highest BCUT2D eigenvalue weighted by Crippen LogP contribution is 2.31. The smallest absolute Gasteiger partial charge is 0.333 e. The highest BCUT2D eigenvalue weighted by molar-refractivity contribution is 5.60. The van der Waals surface area contributed by atoms with Gasteiger partial charge in [0, 0.05) is 13.6 Å². The zero-order chi connectivity index (χ0) is 14.9. The number of nitro groups is 1. The summed E-state index contributed by atoms with van der Waals surface area (Å²) in [7, 11) is 1.58. The van der Waals surface area contributed by atoms with Gasteiger partial charge in [-0.2, -0.15) is 5.10 Å². The molecule has 0 amide bonds. The number of benzene rings is 1. The molecule has 20 heavy (non-hydrogen) atoms. The highest BCUT2D eigenvalue weighted by atomic mass is 16.6. The first-order chi connectivity index (χ1) is 9.41. The van der Waals surface area contributed by atoms with Gasteiger partial charge in [-0.25, -0.2) is 4.68 Å². The molecule has 3 N–H and O–H groups in total. The fraction of sp³-hybridized carbons (Fsp3) is 0.250. The minimum absolute atomic E-state index is 0.0400. The van der Waals surface area contributed by atoms with E-state index in [1.165, 1.54) is 22.9 Å². The predicted molar refractivity (Wildman–Crippen MR) is 71.7 cm³/mol. The van der Waals surface area contributed by atoms with Crippen LogP contribution in [0.25, 0.3) is 0 Å². The third-order valence-electron chi connectivity index (χ3n) is 2.93. The number of nitrogens with one attached hydrogen (secondary N) is 1. The molecular weight excluding hydrogens is 264 g/mol. The highest BCUT2D eigenvalue weighted by Gasteiger charge is 2.24. The third kappa shape index (κ3) is 2.35. The van der Waals surface area contributed by atoms with Crippen LogP contribution in [0, 0.1) is 17.0 Å². The Hall–Kier alpha value is -2.77. The molecule has 0 radical (unpaired) electrons. The zero-order valence-corrected chi connectivity index (χ0v) is 11.0. The second kappa shape index (κ2) is 5.08. The Morgan fingerprint density at radius 3 is 2.55 bits per heavy atom. The SMILES string of the molecule is Cc1nn(C)c(NCc2c(O)cccc2O)c1[N+](=O)[O-]. The van der Waals surface area contributed by atoms with E-state index in [4.69, 9.17) is 0 Å². The zero-order valence-electron chi connectivity index (χ0n) is 11.0. The van der Waals surface area contributed by atoms with Crippen LogP contribution in [0.2, 0.25) is 0 Å². The molecule has 1 heterocycles. The van der Waals surface area contributed by atoms with Crippen LogP contribution < -0.4 is 5.32 Å². The largest absolute Gasteiger partial charge is 0.507 e. The van der Waals surface area contributed by atoms with E-state index in [9.17, 15) is 20.3 Å². The molecule has 0 fully saturated rings. The number of aromatic hydroxyl groups is 2. The minimum atomic E-state index is -0.518. The molecule has 0 atom stereocenters. The van der Waals surface area contributed by atoms with Crippen LogP contribution in [0.4, 0.5) is 11.5 Å². The first-order valence-corrected chi connectivity index (χ1v) is 5.83.